The van der Waals surface area contributed by atoms with Gasteiger partial charge in [0.05, 0.1) is 37.6 Å². The number of hydrogen-bond acceptors (Lipinski definition) is 7. The Morgan fingerprint density at radius 1 is 1.26 bits per heavy atom. The van der Waals surface area contributed by atoms with Gasteiger partial charge < -0.3 is 30.5 Å². The molecule has 1 aromatic rings. The zero-order valence-corrected chi connectivity index (χ0v) is 20.5. The summed E-state index contributed by atoms with van der Waals surface area (Å²) in [5.41, 5.74) is 1.99. The molecule has 3 rings (SSSR count). The molecule has 31 heavy (non-hydrogen) atoms. The molecule has 0 spiro atoms. The number of nitrogens with one attached hydrogen (secondary N) is 2. The summed E-state index contributed by atoms with van der Waals surface area (Å²) in [6.45, 7) is 0.575. The molecule has 0 atom stereocenters. The Kier molecular flexibility index (Phi) is 8.51. The van der Waals surface area contributed by atoms with Gasteiger partial charge in [-0.2, -0.15) is 0 Å². The van der Waals surface area contributed by atoms with Crippen LogP contribution in [0.1, 0.15) is 31.2 Å². The summed E-state index contributed by atoms with van der Waals surface area (Å²) in [5, 5.41) is 25.7. The van der Waals surface area contributed by atoms with Crippen molar-refractivity contribution < 1.29 is 24.5 Å². The lowest BCUT2D eigenvalue weighted by Gasteiger charge is -2.27. The molecular formula is C21H27Br2N3O5. The molecule has 8 nitrogen and oxygen atoms in total. The zero-order chi connectivity index (χ0) is 22.5. The van der Waals surface area contributed by atoms with Crippen LogP contribution in [0.15, 0.2) is 32.3 Å². The lowest BCUT2D eigenvalue weighted by Crippen LogP contribution is -2.34. The second-order valence-corrected chi connectivity index (χ2v) is 9.50. The molecule has 10 heteroatoms. The number of carbonyl (C=O) groups is 2. The van der Waals surface area contributed by atoms with Crippen LogP contribution in [0.5, 0.6) is 0 Å². The van der Waals surface area contributed by atoms with Gasteiger partial charge in [-0.1, -0.05) is 15.9 Å². The van der Waals surface area contributed by atoms with Crippen molar-refractivity contribution in [3.8, 4) is 0 Å². The van der Waals surface area contributed by atoms with E-state index in [0.29, 0.717) is 18.3 Å². The Morgan fingerprint density at radius 3 is 2.61 bits per heavy atom. The Bertz CT molecular complexity index is 869. The van der Waals surface area contributed by atoms with E-state index >= 15 is 0 Å². The zero-order valence-electron chi connectivity index (χ0n) is 17.3. The number of rotatable bonds is 8. The van der Waals surface area contributed by atoms with Gasteiger partial charge >= 0.3 is 5.97 Å². The number of nitrogens with zero attached hydrogens (tertiary/aromatic N) is 1. The van der Waals surface area contributed by atoms with Gasteiger partial charge in [0.25, 0.3) is 5.91 Å². The van der Waals surface area contributed by atoms with Crippen LogP contribution in [0.2, 0.25) is 0 Å². The van der Waals surface area contributed by atoms with Crippen LogP contribution in [-0.4, -0.2) is 65.9 Å². The molecular weight excluding hydrogens is 534 g/mol. The summed E-state index contributed by atoms with van der Waals surface area (Å²) < 4.78 is 6.48. The van der Waals surface area contributed by atoms with Crippen LogP contribution in [0, 0.1) is 0 Å². The van der Waals surface area contributed by atoms with Gasteiger partial charge in [0.15, 0.2) is 0 Å². The number of methoxy groups -OCH3 is 1. The molecule has 2 aliphatic rings. The van der Waals surface area contributed by atoms with E-state index in [0.717, 1.165) is 40.2 Å². The first-order valence-electron chi connectivity index (χ1n) is 10.2. The van der Waals surface area contributed by atoms with Crippen LogP contribution < -0.4 is 10.6 Å². The van der Waals surface area contributed by atoms with Crippen molar-refractivity contribution in [1.29, 1.82) is 0 Å². The van der Waals surface area contributed by atoms with Crippen molar-refractivity contribution in [2.45, 2.75) is 44.4 Å². The second-order valence-electron chi connectivity index (χ2n) is 7.73. The SMILES string of the molecule is COC(=O)C1=C(Nc2c(Br)cc(Br)cc2CNC2CCC(O)CC2)C(=O)N(CCO)C1. The maximum Gasteiger partial charge on any atom is 0.337 e. The number of halogens is 2. The summed E-state index contributed by atoms with van der Waals surface area (Å²) in [4.78, 5) is 26.6. The van der Waals surface area contributed by atoms with Crippen LogP contribution in [-0.2, 0) is 20.9 Å². The highest BCUT2D eigenvalue weighted by molar-refractivity contribution is 9.11. The predicted molar refractivity (Wildman–Crippen MR) is 123 cm³/mol. The summed E-state index contributed by atoms with van der Waals surface area (Å²) in [6, 6.07) is 4.14. The fourth-order valence-electron chi connectivity index (χ4n) is 3.91. The maximum atomic E-state index is 12.9. The van der Waals surface area contributed by atoms with E-state index in [1.165, 1.54) is 12.0 Å². The Hall–Kier alpha value is -1.46. The molecule has 0 radical (unpaired) electrons. The molecule has 0 unspecified atom stereocenters. The standard InChI is InChI=1S/C21H27Br2N3O5/c1-31-21(30)16-11-26(6-7-27)20(29)19(16)25-18-12(8-13(22)9-17(18)23)10-24-14-2-4-15(28)5-3-14/h8-9,14-15,24-25,27-28H,2-7,10-11H2,1H3. The van der Waals surface area contributed by atoms with Crippen molar-refractivity contribution in [2.24, 2.45) is 0 Å². The van der Waals surface area contributed by atoms with Crippen LogP contribution in [0.3, 0.4) is 0 Å². The highest BCUT2D eigenvalue weighted by Gasteiger charge is 2.35. The van der Waals surface area contributed by atoms with Crippen LogP contribution in [0.25, 0.3) is 0 Å². The Balaban J connectivity index is 1.85. The van der Waals surface area contributed by atoms with Gasteiger partial charge in [-0.05, 0) is 59.3 Å². The summed E-state index contributed by atoms with van der Waals surface area (Å²) in [7, 11) is 1.28. The van der Waals surface area contributed by atoms with Crippen LogP contribution >= 0.6 is 31.9 Å². The monoisotopic (exact) mass is 559 g/mol. The number of hydrogen-bond donors (Lipinski definition) is 4. The Labute approximate surface area is 198 Å². The predicted octanol–water partition coefficient (Wildman–Crippen LogP) is 2.28. The third kappa shape index (κ3) is 5.87. The number of anilines is 1. The first-order chi connectivity index (χ1) is 14.8. The summed E-state index contributed by atoms with van der Waals surface area (Å²) >= 11 is 7.08. The van der Waals surface area contributed by atoms with Gasteiger partial charge in [-0.3, -0.25) is 4.79 Å². The van der Waals surface area contributed by atoms with Gasteiger partial charge in [0.1, 0.15) is 5.70 Å². The lowest BCUT2D eigenvalue weighted by atomic mass is 9.93. The number of β-amino-alcohol motifs (C(OH)–C–C–N with tert-alkyl or cyclic N) is 1. The van der Waals surface area contributed by atoms with Crippen molar-refractivity contribution in [1.82, 2.24) is 10.2 Å². The smallest absolute Gasteiger partial charge is 0.337 e. The summed E-state index contributed by atoms with van der Waals surface area (Å²) in [5.74, 6) is -0.936. The van der Waals surface area contributed by atoms with E-state index < -0.39 is 5.97 Å². The van der Waals surface area contributed by atoms with Gasteiger partial charge in [-0.15, -0.1) is 0 Å². The molecule has 0 saturated heterocycles. The van der Waals surface area contributed by atoms with E-state index in [4.69, 9.17) is 4.74 Å². The minimum absolute atomic E-state index is 0.0839. The second kappa shape index (κ2) is 10.9. The molecule has 1 aliphatic carbocycles. The van der Waals surface area contributed by atoms with Gasteiger partial charge in [0.2, 0.25) is 0 Å². The first-order valence-corrected chi connectivity index (χ1v) is 11.8. The largest absolute Gasteiger partial charge is 0.466 e. The van der Waals surface area contributed by atoms with Gasteiger partial charge in [-0.25, -0.2) is 4.79 Å². The average Bonchev–Trinajstić information content (AvgIpc) is 3.05. The minimum Gasteiger partial charge on any atom is -0.466 e. The number of aliphatic hydroxyl groups excluding tert-OH is 2. The third-order valence-electron chi connectivity index (χ3n) is 5.62. The molecule has 170 valence electrons. The first kappa shape index (κ1) is 24.2. The third-order valence-corrected chi connectivity index (χ3v) is 6.70. The van der Waals surface area contributed by atoms with E-state index in [9.17, 15) is 19.8 Å². The fourth-order valence-corrected chi connectivity index (χ4v) is 5.33. The van der Waals surface area contributed by atoms with Crippen LogP contribution in [0.4, 0.5) is 5.69 Å². The number of amides is 1. The Morgan fingerprint density at radius 2 is 1.97 bits per heavy atom. The van der Waals surface area contributed by atoms with E-state index in [1.54, 1.807) is 0 Å². The molecule has 1 heterocycles. The van der Waals surface area contributed by atoms with E-state index in [-0.39, 0.29) is 43.0 Å². The molecule has 4 N–H and O–H groups in total. The lowest BCUT2D eigenvalue weighted by molar-refractivity contribution is -0.136. The fraction of sp³-hybridized carbons (Fsp3) is 0.524. The molecule has 1 aliphatic heterocycles. The van der Waals surface area contributed by atoms with Crippen molar-refractivity contribution >= 4 is 49.4 Å². The molecule has 1 aromatic carbocycles. The molecule has 1 fully saturated rings. The van der Waals surface area contributed by atoms with E-state index in [1.807, 2.05) is 12.1 Å². The quantitative estimate of drug-likeness (QED) is 0.361. The molecule has 0 aromatic heterocycles. The highest BCUT2D eigenvalue weighted by atomic mass is 79.9. The molecule has 1 amide bonds. The number of ether oxygens (including phenoxy) is 1. The number of benzene rings is 1. The normalized spacial score (nSPS) is 21.6. The molecule has 1 saturated carbocycles. The number of esters is 1. The van der Waals surface area contributed by atoms with Crippen molar-refractivity contribution in [3.63, 3.8) is 0 Å². The minimum atomic E-state index is -0.579. The average molecular weight is 561 g/mol. The number of aliphatic hydroxyl groups is 2. The topological polar surface area (TPSA) is 111 Å². The van der Waals surface area contributed by atoms with Crippen molar-refractivity contribution in [3.05, 3.63) is 37.9 Å². The summed E-state index contributed by atoms with van der Waals surface area (Å²) in [6.07, 6.45) is 3.18. The highest BCUT2D eigenvalue weighted by Crippen LogP contribution is 2.34. The van der Waals surface area contributed by atoms with E-state index in [2.05, 4.69) is 42.5 Å². The van der Waals surface area contributed by atoms with Crippen molar-refractivity contribution in [2.75, 3.05) is 32.1 Å². The maximum absolute atomic E-state index is 12.9. The number of carbonyl (C=O) groups excluding carboxylic acids is 2. The molecule has 0 bridgehead atoms. The van der Waals surface area contributed by atoms with Gasteiger partial charge in [0, 0.05) is 28.1 Å².